The molecule has 0 unspecified atom stereocenters. The van der Waals surface area contributed by atoms with Gasteiger partial charge in [-0.1, -0.05) is 18.2 Å². The molecular formula is C22H19N3O3. The summed E-state index contributed by atoms with van der Waals surface area (Å²) in [4.78, 5) is 44.1. The van der Waals surface area contributed by atoms with Crippen molar-refractivity contribution in [3.05, 3.63) is 48.7 Å². The number of benzene rings is 1. The molecule has 2 heterocycles. The number of aromatic nitrogens is 1. The van der Waals surface area contributed by atoms with Crippen molar-refractivity contribution in [3.8, 4) is 0 Å². The largest absolute Gasteiger partial charge is 0.324 e. The van der Waals surface area contributed by atoms with Crippen LogP contribution in [0.4, 0.5) is 5.69 Å². The van der Waals surface area contributed by atoms with Crippen molar-refractivity contribution in [3.63, 3.8) is 0 Å². The van der Waals surface area contributed by atoms with Gasteiger partial charge in [0.15, 0.2) is 0 Å². The van der Waals surface area contributed by atoms with E-state index in [1.807, 2.05) is 24.3 Å². The number of allylic oxidation sites excluding steroid dienone is 2. The maximum atomic E-state index is 13.0. The zero-order valence-electron chi connectivity index (χ0n) is 15.1. The average Bonchev–Trinajstić information content (AvgIpc) is 3.49. The second-order valence-electron chi connectivity index (χ2n) is 8.34. The van der Waals surface area contributed by atoms with Gasteiger partial charge in [0.1, 0.15) is 6.54 Å². The fraction of sp³-hybridized carbons (Fsp3) is 0.364. The Bertz CT molecular complexity index is 1040. The predicted molar refractivity (Wildman–Crippen MR) is 102 cm³/mol. The number of pyridine rings is 1. The SMILES string of the molecule is O=C(CN1C(=O)[C@@H]2[C@H]3C=C[C@@H]([C@@H]4C[C@@H]34)[C@@H]2C1=O)Nc1cccc2ncccc12. The van der Waals surface area contributed by atoms with Crippen LogP contribution >= 0.6 is 0 Å². The fourth-order valence-corrected chi connectivity index (χ4v) is 5.72. The van der Waals surface area contributed by atoms with Crippen LogP contribution in [0.3, 0.4) is 0 Å². The van der Waals surface area contributed by atoms with Crippen LogP contribution in [-0.4, -0.2) is 34.2 Å². The number of rotatable bonds is 3. The molecule has 2 bridgehead atoms. The molecule has 1 saturated heterocycles. The first-order chi connectivity index (χ1) is 13.6. The van der Waals surface area contributed by atoms with Crippen molar-refractivity contribution in [2.24, 2.45) is 35.5 Å². The molecule has 2 aromatic rings. The van der Waals surface area contributed by atoms with Gasteiger partial charge in [-0.15, -0.1) is 0 Å². The Hall–Kier alpha value is -3.02. The lowest BCUT2D eigenvalue weighted by atomic mass is 9.63. The van der Waals surface area contributed by atoms with Crippen LogP contribution in [0.2, 0.25) is 0 Å². The highest BCUT2D eigenvalue weighted by molar-refractivity contribution is 6.10. The van der Waals surface area contributed by atoms with E-state index in [0.29, 0.717) is 17.5 Å². The van der Waals surface area contributed by atoms with Crippen LogP contribution in [0, 0.1) is 35.5 Å². The molecule has 4 aliphatic carbocycles. The summed E-state index contributed by atoms with van der Waals surface area (Å²) in [5.74, 6) is 0.241. The molecule has 6 heteroatoms. The second kappa shape index (κ2) is 5.50. The monoisotopic (exact) mass is 373 g/mol. The van der Waals surface area contributed by atoms with Crippen molar-refractivity contribution in [1.29, 1.82) is 0 Å². The third-order valence-electron chi connectivity index (χ3n) is 6.98. The molecule has 7 rings (SSSR count). The molecule has 6 nitrogen and oxygen atoms in total. The summed E-state index contributed by atoms with van der Waals surface area (Å²) < 4.78 is 0. The Kier molecular flexibility index (Phi) is 3.14. The van der Waals surface area contributed by atoms with Crippen LogP contribution in [0.15, 0.2) is 48.7 Å². The first kappa shape index (κ1) is 16.0. The molecule has 0 spiro atoms. The third kappa shape index (κ3) is 2.08. The summed E-state index contributed by atoms with van der Waals surface area (Å²) in [6, 6.07) is 9.18. The molecule has 6 atom stereocenters. The number of hydrogen-bond donors (Lipinski definition) is 1. The number of fused-ring (bicyclic) bond motifs is 1. The quantitative estimate of drug-likeness (QED) is 0.661. The van der Waals surface area contributed by atoms with Crippen molar-refractivity contribution in [1.82, 2.24) is 9.88 Å². The van der Waals surface area contributed by atoms with E-state index in [2.05, 4.69) is 22.5 Å². The number of likely N-dealkylation sites (tertiary alicyclic amines) is 1. The van der Waals surface area contributed by atoms with Gasteiger partial charge in [-0.3, -0.25) is 24.3 Å². The lowest BCUT2D eigenvalue weighted by Crippen LogP contribution is -2.40. The summed E-state index contributed by atoms with van der Waals surface area (Å²) in [7, 11) is 0. The van der Waals surface area contributed by atoms with Crippen molar-refractivity contribution < 1.29 is 14.4 Å². The standard InChI is InChI=1S/C22H19N3O3/c26-18(24-17-5-1-4-16-13(17)3-2-8-23-16)10-25-21(27)19-11-6-7-12(15-9-14(11)15)20(19)22(25)28/h1-8,11-12,14-15,19-20H,9-10H2,(H,24,26)/t11-,12-,14-,15-,19-,20+/m0/s1. The van der Waals surface area contributed by atoms with Crippen molar-refractivity contribution >= 4 is 34.3 Å². The molecule has 1 aliphatic heterocycles. The van der Waals surface area contributed by atoms with Gasteiger partial charge in [-0.25, -0.2) is 0 Å². The number of amides is 3. The van der Waals surface area contributed by atoms with Gasteiger partial charge in [0.25, 0.3) is 0 Å². The van der Waals surface area contributed by atoms with E-state index in [4.69, 9.17) is 0 Å². The number of carbonyl (C=O) groups excluding carboxylic acids is 3. The lowest BCUT2D eigenvalue weighted by molar-refractivity contribution is -0.142. The minimum atomic E-state index is -0.359. The molecule has 2 saturated carbocycles. The summed E-state index contributed by atoms with van der Waals surface area (Å²) in [5, 5.41) is 3.68. The summed E-state index contributed by atoms with van der Waals surface area (Å²) >= 11 is 0. The van der Waals surface area contributed by atoms with E-state index in [9.17, 15) is 14.4 Å². The Labute approximate surface area is 161 Å². The zero-order valence-corrected chi connectivity index (χ0v) is 15.1. The van der Waals surface area contributed by atoms with Gasteiger partial charge in [0.2, 0.25) is 17.7 Å². The molecule has 28 heavy (non-hydrogen) atoms. The second-order valence-corrected chi connectivity index (χ2v) is 8.34. The molecule has 0 radical (unpaired) electrons. The summed E-state index contributed by atoms with van der Waals surface area (Å²) in [5.41, 5.74) is 1.41. The first-order valence-corrected chi connectivity index (χ1v) is 9.80. The minimum absolute atomic E-state index is 0.172. The van der Waals surface area contributed by atoms with Crippen LogP contribution in [-0.2, 0) is 14.4 Å². The lowest BCUT2D eigenvalue weighted by Gasteiger charge is -2.37. The normalized spacial score (nSPS) is 34.5. The van der Waals surface area contributed by atoms with E-state index in [0.717, 1.165) is 17.3 Å². The van der Waals surface area contributed by atoms with E-state index in [-0.39, 0.29) is 47.9 Å². The highest BCUT2D eigenvalue weighted by Crippen LogP contribution is 2.65. The number of carbonyl (C=O) groups is 3. The van der Waals surface area contributed by atoms with Gasteiger partial charge < -0.3 is 5.32 Å². The number of imide groups is 1. The molecule has 140 valence electrons. The smallest absolute Gasteiger partial charge is 0.244 e. The summed E-state index contributed by atoms with van der Waals surface area (Å²) in [6.07, 6.45) is 7.10. The van der Waals surface area contributed by atoms with E-state index in [1.54, 1.807) is 12.3 Å². The summed E-state index contributed by atoms with van der Waals surface area (Å²) in [6.45, 7) is -0.226. The Balaban J connectivity index is 1.23. The predicted octanol–water partition coefficient (Wildman–Crippen LogP) is 2.23. The Morgan fingerprint density at radius 2 is 1.75 bits per heavy atom. The van der Waals surface area contributed by atoms with E-state index >= 15 is 0 Å². The highest BCUT2D eigenvalue weighted by atomic mass is 16.2. The van der Waals surface area contributed by atoms with Gasteiger partial charge in [0.05, 0.1) is 23.0 Å². The maximum Gasteiger partial charge on any atom is 0.244 e. The number of anilines is 1. The average molecular weight is 373 g/mol. The Morgan fingerprint density at radius 3 is 2.46 bits per heavy atom. The van der Waals surface area contributed by atoms with Crippen LogP contribution in [0.1, 0.15) is 6.42 Å². The van der Waals surface area contributed by atoms with Gasteiger partial charge in [-0.2, -0.15) is 0 Å². The minimum Gasteiger partial charge on any atom is -0.324 e. The molecule has 1 aromatic heterocycles. The number of hydrogen-bond acceptors (Lipinski definition) is 4. The molecule has 1 N–H and O–H groups in total. The topological polar surface area (TPSA) is 79.4 Å². The highest BCUT2D eigenvalue weighted by Gasteiger charge is 2.67. The number of nitrogens with zero attached hydrogens (tertiary/aromatic N) is 2. The van der Waals surface area contributed by atoms with Crippen LogP contribution < -0.4 is 5.32 Å². The van der Waals surface area contributed by atoms with E-state index < -0.39 is 0 Å². The molecular weight excluding hydrogens is 354 g/mol. The molecule has 3 fully saturated rings. The van der Waals surface area contributed by atoms with Gasteiger partial charge in [0, 0.05) is 11.6 Å². The van der Waals surface area contributed by atoms with Crippen LogP contribution in [0.25, 0.3) is 10.9 Å². The van der Waals surface area contributed by atoms with Crippen molar-refractivity contribution in [2.45, 2.75) is 6.42 Å². The first-order valence-electron chi connectivity index (χ1n) is 9.80. The van der Waals surface area contributed by atoms with Gasteiger partial charge >= 0.3 is 0 Å². The third-order valence-corrected chi connectivity index (χ3v) is 6.98. The number of nitrogens with one attached hydrogen (secondary N) is 1. The molecule has 5 aliphatic rings. The Morgan fingerprint density at radius 1 is 1.04 bits per heavy atom. The molecule has 3 amide bonds. The van der Waals surface area contributed by atoms with Crippen molar-refractivity contribution in [2.75, 3.05) is 11.9 Å². The van der Waals surface area contributed by atoms with Crippen LogP contribution in [0.5, 0.6) is 0 Å². The zero-order chi connectivity index (χ0) is 19.0. The van der Waals surface area contributed by atoms with Gasteiger partial charge in [-0.05, 0) is 54.4 Å². The maximum absolute atomic E-state index is 13.0. The van der Waals surface area contributed by atoms with E-state index in [1.165, 1.54) is 4.90 Å². The molecule has 1 aromatic carbocycles. The fourth-order valence-electron chi connectivity index (χ4n) is 5.72.